The van der Waals surface area contributed by atoms with Gasteiger partial charge in [-0.3, -0.25) is 9.36 Å². The normalized spacial score (nSPS) is 11.1. The fraction of sp³-hybridized carbons (Fsp3) is 0.364. The Hall–Kier alpha value is -0.760. The molecule has 0 N–H and O–H groups in total. The molecule has 0 aliphatic rings. The summed E-state index contributed by atoms with van der Waals surface area (Å²) in [5.41, 5.74) is 0.907. The van der Waals surface area contributed by atoms with Crippen LogP contribution in [-0.2, 0) is 6.54 Å². The first kappa shape index (κ1) is 12.7. The van der Waals surface area contributed by atoms with Gasteiger partial charge in [0.2, 0.25) is 0 Å². The molecular weight excluding hydrogens is 349 g/mol. The van der Waals surface area contributed by atoms with Crippen LogP contribution in [0.3, 0.4) is 0 Å². The third-order valence-corrected chi connectivity index (χ3v) is 4.19. The molecule has 0 bridgehead atoms. The van der Waals surface area contributed by atoms with Crippen molar-refractivity contribution >= 4 is 33.9 Å². The molecule has 2 rings (SSSR count). The number of rotatable bonds is 3. The molecule has 0 radical (unpaired) electrons. The number of hydrogen-bond acceptors (Lipinski definition) is 4. The molecule has 0 atom stereocenters. The Bertz CT molecular complexity index is 576. The van der Waals surface area contributed by atoms with Gasteiger partial charge in [0, 0.05) is 17.5 Å². The molecule has 0 saturated carbocycles. The molecule has 2 aromatic rings. The van der Waals surface area contributed by atoms with Gasteiger partial charge in [-0.05, 0) is 22.6 Å². The summed E-state index contributed by atoms with van der Waals surface area (Å²) in [5, 5.41) is 3.10. The van der Waals surface area contributed by atoms with Crippen LogP contribution in [0.2, 0.25) is 0 Å². The number of nitrogens with zero attached hydrogens (tertiary/aromatic N) is 3. The zero-order valence-corrected chi connectivity index (χ0v) is 12.5. The summed E-state index contributed by atoms with van der Waals surface area (Å²) in [6.45, 7) is 4.72. The molecule has 2 aromatic heterocycles. The predicted octanol–water partition coefficient (Wildman–Crippen LogP) is 2.48. The van der Waals surface area contributed by atoms with Crippen molar-refractivity contribution in [3.05, 3.63) is 42.5 Å². The van der Waals surface area contributed by atoms with Crippen LogP contribution in [0.5, 0.6) is 0 Å². The summed E-state index contributed by atoms with van der Waals surface area (Å²) in [7, 11) is 0. The fourth-order valence-electron chi connectivity index (χ4n) is 1.37. The van der Waals surface area contributed by atoms with E-state index in [0.29, 0.717) is 16.0 Å². The van der Waals surface area contributed by atoms with Crippen molar-refractivity contribution in [3.63, 3.8) is 0 Å². The predicted molar refractivity (Wildman–Crippen MR) is 76.5 cm³/mol. The molecule has 4 nitrogen and oxygen atoms in total. The van der Waals surface area contributed by atoms with Crippen molar-refractivity contribution in [1.29, 1.82) is 0 Å². The van der Waals surface area contributed by atoms with Crippen LogP contribution < -0.4 is 5.56 Å². The summed E-state index contributed by atoms with van der Waals surface area (Å²) in [6, 6.07) is 0. The summed E-state index contributed by atoms with van der Waals surface area (Å²) < 4.78 is 2.21. The lowest BCUT2D eigenvalue weighted by molar-refractivity contribution is 0.710. The molecule has 17 heavy (non-hydrogen) atoms. The number of thiazole rings is 1. The van der Waals surface area contributed by atoms with Crippen LogP contribution in [-0.4, -0.2) is 14.5 Å². The van der Waals surface area contributed by atoms with Gasteiger partial charge in [-0.1, -0.05) is 13.8 Å². The molecule has 0 aromatic carbocycles. The summed E-state index contributed by atoms with van der Waals surface area (Å²) >= 11 is 3.63. The molecule has 0 saturated heterocycles. The second kappa shape index (κ2) is 5.26. The summed E-state index contributed by atoms with van der Waals surface area (Å²) in [5.74, 6) is 0.430. The van der Waals surface area contributed by atoms with Crippen LogP contribution in [0, 0.1) is 3.57 Å². The van der Waals surface area contributed by atoms with Crippen molar-refractivity contribution in [2.24, 2.45) is 0 Å². The quantitative estimate of drug-likeness (QED) is 0.790. The van der Waals surface area contributed by atoms with E-state index in [4.69, 9.17) is 0 Å². The smallest absolute Gasteiger partial charge is 0.267 e. The standard InChI is InChI=1S/C11H12IN3OS/c1-7(2)10-14-8(5-17-10)4-15-6-13-3-9(12)11(15)16/h3,5-7H,4H2,1-2H3. The van der Waals surface area contributed by atoms with Gasteiger partial charge in [0.25, 0.3) is 5.56 Å². The minimum absolute atomic E-state index is 0.0142. The highest BCUT2D eigenvalue weighted by atomic mass is 127. The zero-order chi connectivity index (χ0) is 12.4. The Morgan fingerprint density at radius 1 is 1.53 bits per heavy atom. The van der Waals surface area contributed by atoms with Crippen molar-refractivity contribution in [3.8, 4) is 0 Å². The SMILES string of the molecule is CC(C)c1nc(Cn2cncc(I)c2=O)cs1. The van der Waals surface area contributed by atoms with Crippen molar-refractivity contribution in [2.75, 3.05) is 0 Å². The van der Waals surface area contributed by atoms with Crippen molar-refractivity contribution < 1.29 is 0 Å². The maximum atomic E-state index is 11.8. The van der Waals surface area contributed by atoms with Gasteiger partial charge < -0.3 is 0 Å². The van der Waals surface area contributed by atoms with E-state index >= 15 is 0 Å². The maximum Gasteiger partial charge on any atom is 0.267 e. The molecule has 0 fully saturated rings. The average molecular weight is 361 g/mol. The van der Waals surface area contributed by atoms with E-state index < -0.39 is 0 Å². The minimum Gasteiger partial charge on any atom is -0.292 e. The number of halogens is 1. The monoisotopic (exact) mass is 361 g/mol. The Kier molecular flexibility index (Phi) is 3.93. The highest BCUT2D eigenvalue weighted by Gasteiger charge is 2.07. The summed E-state index contributed by atoms with van der Waals surface area (Å²) in [4.78, 5) is 20.3. The maximum absolute atomic E-state index is 11.8. The third kappa shape index (κ3) is 2.92. The van der Waals surface area contributed by atoms with Gasteiger partial charge in [-0.25, -0.2) is 9.97 Å². The van der Waals surface area contributed by atoms with E-state index in [1.165, 1.54) is 0 Å². The van der Waals surface area contributed by atoms with Crippen molar-refractivity contribution in [1.82, 2.24) is 14.5 Å². The number of hydrogen-bond donors (Lipinski definition) is 0. The lowest BCUT2D eigenvalue weighted by Gasteiger charge is -2.02. The second-order valence-corrected chi connectivity index (χ2v) is 6.06. The molecule has 0 spiro atoms. The van der Waals surface area contributed by atoms with Crippen LogP contribution in [0.4, 0.5) is 0 Å². The van der Waals surface area contributed by atoms with E-state index in [0.717, 1.165) is 10.7 Å². The summed E-state index contributed by atoms with van der Waals surface area (Å²) in [6.07, 6.45) is 3.12. The topological polar surface area (TPSA) is 47.8 Å². The van der Waals surface area contributed by atoms with E-state index in [2.05, 4.69) is 23.8 Å². The Labute approximate surface area is 117 Å². The lowest BCUT2D eigenvalue weighted by atomic mass is 10.2. The van der Waals surface area contributed by atoms with Crippen LogP contribution in [0.25, 0.3) is 0 Å². The highest BCUT2D eigenvalue weighted by Crippen LogP contribution is 2.19. The van der Waals surface area contributed by atoms with Gasteiger partial charge in [-0.15, -0.1) is 11.3 Å². The van der Waals surface area contributed by atoms with E-state index in [1.54, 1.807) is 28.4 Å². The average Bonchev–Trinajstić information content (AvgIpc) is 2.73. The molecule has 90 valence electrons. The van der Waals surface area contributed by atoms with Gasteiger partial charge in [0.1, 0.15) is 0 Å². The van der Waals surface area contributed by atoms with E-state index in [-0.39, 0.29) is 5.56 Å². The first-order valence-corrected chi connectivity index (χ1v) is 7.18. The molecule has 2 heterocycles. The van der Waals surface area contributed by atoms with E-state index in [9.17, 15) is 4.79 Å². The third-order valence-electron chi connectivity index (χ3n) is 2.25. The molecule has 0 aliphatic heterocycles. The zero-order valence-electron chi connectivity index (χ0n) is 9.55. The first-order valence-electron chi connectivity index (χ1n) is 5.22. The second-order valence-electron chi connectivity index (χ2n) is 4.01. The first-order chi connectivity index (χ1) is 8.08. The Balaban J connectivity index is 2.26. The molecule has 0 aliphatic carbocycles. The van der Waals surface area contributed by atoms with E-state index in [1.807, 2.05) is 28.0 Å². The van der Waals surface area contributed by atoms with Gasteiger partial charge in [-0.2, -0.15) is 0 Å². The lowest BCUT2D eigenvalue weighted by Crippen LogP contribution is -2.23. The fourth-order valence-corrected chi connectivity index (χ4v) is 2.67. The van der Waals surface area contributed by atoms with Gasteiger partial charge in [0.05, 0.1) is 27.1 Å². The van der Waals surface area contributed by atoms with Gasteiger partial charge in [0.15, 0.2) is 0 Å². The Morgan fingerprint density at radius 3 is 2.94 bits per heavy atom. The Morgan fingerprint density at radius 2 is 2.29 bits per heavy atom. The molecule has 0 amide bonds. The van der Waals surface area contributed by atoms with Crippen LogP contribution in [0.15, 0.2) is 22.7 Å². The van der Waals surface area contributed by atoms with Crippen LogP contribution >= 0.6 is 33.9 Å². The minimum atomic E-state index is -0.0142. The molecular formula is C11H12IN3OS. The van der Waals surface area contributed by atoms with Crippen molar-refractivity contribution in [2.45, 2.75) is 26.3 Å². The number of aromatic nitrogens is 3. The molecule has 6 heteroatoms. The van der Waals surface area contributed by atoms with Gasteiger partial charge >= 0.3 is 0 Å². The molecule has 0 unspecified atom stereocenters. The largest absolute Gasteiger partial charge is 0.292 e. The van der Waals surface area contributed by atoms with Crippen LogP contribution in [0.1, 0.15) is 30.5 Å². The highest BCUT2D eigenvalue weighted by molar-refractivity contribution is 14.1.